The van der Waals surface area contributed by atoms with E-state index >= 15 is 0 Å². The van der Waals surface area contributed by atoms with Crippen molar-refractivity contribution in [2.45, 2.75) is 0 Å². The summed E-state index contributed by atoms with van der Waals surface area (Å²) < 4.78 is 1.70. The molecular weight excluding hydrogens is 190 g/mol. The minimum Gasteiger partial charge on any atom is -0.235 e. The first-order chi connectivity index (χ1) is 7.45. The Kier molecular flexibility index (Phi) is 1.68. The van der Waals surface area contributed by atoms with E-state index in [9.17, 15) is 0 Å². The monoisotopic (exact) mass is 197 g/mol. The topological polar surface area (TPSA) is 56.0 Å². The van der Waals surface area contributed by atoms with Gasteiger partial charge in [0.2, 0.25) is 0 Å². The standard InChI is InChI=1S/C10H7N5/c1-2-7-15-8(4-1)9(13-14-15)10-11-5-3-6-12-10/h1-7H. The summed E-state index contributed by atoms with van der Waals surface area (Å²) in [5, 5.41) is 8.04. The fraction of sp³-hybridized carbons (Fsp3) is 0. The lowest BCUT2D eigenvalue weighted by Crippen LogP contribution is -1.87. The molecule has 5 nitrogen and oxygen atoms in total. The Balaban J connectivity index is 2.28. The predicted molar refractivity (Wildman–Crippen MR) is 54.0 cm³/mol. The van der Waals surface area contributed by atoms with Crippen LogP contribution in [0.5, 0.6) is 0 Å². The minimum atomic E-state index is 0.596. The van der Waals surface area contributed by atoms with E-state index < -0.39 is 0 Å². The number of rotatable bonds is 1. The van der Waals surface area contributed by atoms with Gasteiger partial charge in [-0.3, -0.25) is 0 Å². The number of aromatic nitrogens is 5. The van der Waals surface area contributed by atoms with Gasteiger partial charge in [-0.15, -0.1) is 5.10 Å². The summed E-state index contributed by atoms with van der Waals surface area (Å²) in [7, 11) is 0. The van der Waals surface area contributed by atoms with Crippen LogP contribution in [0.2, 0.25) is 0 Å². The zero-order valence-electron chi connectivity index (χ0n) is 7.78. The Morgan fingerprint density at radius 3 is 2.73 bits per heavy atom. The van der Waals surface area contributed by atoms with Crippen molar-refractivity contribution in [3.63, 3.8) is 0 Å². The van der Waals surface area contributed by atoms with Crippen LogP contribution in [0.1, 0.15) is 0 Å². The van der Waals surface area contributed by atoms with Gasteiger partial charge < -0.3 is 0 Å². The maximum Gasteiger partial charge on any atom is 0.182 e. The molecule has 0 aliphatic rings. The summed E-state index contributed by atoms with van der Waals surface area (Å²) in [6.07, 6.45) is 5.22. The zero-order valence-corrected chi connectivity index (χ0v) is 7.78. The van der Waals surface area contributed by atoms with Gasteiger partial charge in [0.05, 0.1) is 5.52 Å². The van der Waals surface area contributed by atoms with E-state index in [2.05, 4.69) is 20.3 Å². The highest BCUT2D eigenvalue weighted by atomic mass is 15.4. The summed E-state index contributed by atoms with van der Waals surface area (Å²) >= 11 is 0. The maximum absolute atomic E-state index is 4.14. The molecule has 5 heteroatoms. The summed E-state index contributed by atoms with van der Waals surface area (Å²) in [6, 6.07) is 7.54. The first-order valence-electron chi connectivity index (χ1n) is 4.52. The number of fused-ring (bicyclic) bond motifs is 1. The van der Waals surface area contributed by atoms with Crippen molar-refractivity contribution in [2.24, 2.45) is 0 Å². The summed E-state index contributed by atoms with van der Waals surface area (Å²) in [6.45, 7) is 0. The molecular formula is C10H7N5. The third kappa shape index (κ3) is 1.25. The van der Waals surface area contributed by atoms with E-state index in [1.54, 1.807) is 23.0 Å². The number of hydrogen-bond donors (Lipinski definition) is 0. The second-order valence-corrected chi connectivity index (χ2v) is 3.04. The van der Waals surface area contributed by atoms with Gasteiger partial charge >= 0.3 is 0 Å². The molecule has 0 radical (unpaired) electrons. The Morgan fingerprint density at radius 2 is 1.87 bits per heavy atom. The third-order valence-electron chi connectivity index (χ3n) is 2.10. The normalized spacial score (nSPS) is 10.7. The van der Waals surface area contributed by atoms with Crippen molar-refractivity contribution < 1.29 is 0 Å². The van der Waals surface area contributed by atoms with Crippen LogP contribution in [0.25, 0.3) is 17.0 Å². The van der Waals surface area contributed by atoms with E-state index in [1.807, 2.05) is 24.4 Å². The molecule has 3 heterocycles. The highest BCUT2D eigenvalue weighted by Gasteiger charge is 2.09. The van der Waals surface area contributed by atoms with Gasteiger partial charge in [0.15, 0.2) is 11.5 Å². The van der Waals surface area contributed by atoms with Crippen molar-refractivity contribution >= 4 is 5.52 Å². The number of nitrogens with zero attached hydrogens (tertiary/aromatic N) is 5. The van der Waals surface area contributed by atoms with Crippen LogP contribution in [0, 0.1) is 0 Å². The van der Waals surface area contributed by atoms with Crippen LogP contribution >= 0.6 is 0 Å². The van der Waals surface area contributed by atoms with Crippen molar-refractivity contribution in [1.29, 1.82) is 0 Å². The molecule has 0 aromatic carbocycles. The molecule has 0 bridgehead atoms. The van der Waals surface area contributed by atoms with E-state index in [4.69, 9.17) is 0 Å². The SMILES string of the molecule is c1cnc(-c2nnn3ccccc23)nc1. The summed E-state index contributed by atoms with van der Waals surface area (Å²) in [4.78, 5) is 8.29. The highest BCUT2D eigenvalue weighted by Crippen LogP contribution is 2.16. The second-order valence-electron chi connectivity index (χ2n) is 3.04. The van der Waals surface area contributed by atoms with Crippen LogP contribution in [0.4, 0.5) is 0 Å². The average molecular weight is 197 g/mol. The molecule has 0 fully saturated rings. The molecule has 3 rings (SSSR count). The fourth-order valence-electron chi connectivity index (χ4n) is 1.42. The van der Waals surface area contributed by atoms with Gasteiger partial charge in [-0.1, -0.05) is 11.3 Å². The van der Waals surface area contributed by atoms with Gasteiger partial charge in [-0.05, 0) is 18.2 Å². The van der Waals surface area contributed by atoms with Gasteiger partial charge in [-0.25, -0.2) is 14.5 Å². The molecule has 3 aromatic rings. The minimum absolute atomic E-state index is 0.596. The largest absolute Gasteiger partial charge is 0.235 e. The van der Waals surface area contributed by atoms with E-state index in [0.29, 0.717) is 11.5 Å². The fourth-order valence-corrected chi connectivity index (χ4v) is 1.42. The molecule has 0 N–H and O–H groups in total. The molecule has 0 aliphatic heterocycles. The maximum atomic E-state index is 4.14. The molecule has 15 heavy (non-hydrogen) atoms. The molecule has 0 atom stereocenters. The van der Waals surface area contributed by atoms with Gasteiger partial charge in [0, 0.05) is 18.6 Å². The Bertz CT molecular complexity index is 587. The average Bonchev–Trinajstić information content (AvgIpc) is 2.74. The first-order valence-corrected chi connectivity index (χ1v) is 4.52. The summed E-state index contributed by atoms with van der Waals surface area (Å²) in [5.74, 6) is 0.596. The number of pyridine rings is 1. The lowest BCUT2D eigenvalue weighted by molar-refractivity contribution is 0.855. The molecule has 0 aliphatic carbocycles. The Hall–Kier alpha value is -2.30. The van der Waals surface area contributed by atoms with E-state index in [0.717, 1.165) is 5.52 Å². The van der Waals surface area contributed by atoms with Crippen molar-refractivity contribution in [1.82, 2.24) is 24.8 Å². The first kappa shape index (κ1) is 8.05. The highest BCUT2D eigenvalue weighted by molar-refractivity contribution is 5.71. The smallest absolute Gasteiger partial charge is 0.182 e. The predicted octanol–water partition coefficient (Wildman–Crippen LogP) is 1.19. The molecule has 72 valence electrons. The Labute approximate surface area is 85.4 Å². The molecule has 0 spiro atoms. The van der Waals surface area contributed by atoms with Crippen molar-refractivity contribution in [3.05, 3.63) is 42.9 Å². The number of hydrogen-bond acceptors (Lipinski definition) is 4. The van der Waals surface area contributed by atoms with Crippen LogP contribution < -0.4 is 0 Å². The Morgan fingerprint density at radius 1 is 1.00 bits per heavy atom. The lowest BCUT2D eigenvalue weighted by Gasteiger charge is -1.93. The molecule has 3 aromatic heterocycles. The van der Waals surface area contributed by atoms with Crippen molar-refractivity contribution in [2.75, 3.05) is 0 Å². The van der Waals surface area contributed by atoms with Crippen LogP contribution in [-0.2, 0) is 0 Å². The van der Waals surface area contributed by atoms with E-state index in [1.165, 1.54) is 0 Å². The lowest BCUT2D eigenvalue weighted by atomic mass is 10.3. The quantitative estimate of drug-likeness (QED) is 0.588. The second kappa shape index (κ2) is 3.13. The van der Waals surface area contributed by atoms with Gasteiger partial charge in [0.25, 0.3) is 0 Å². The van der Waals surface area contributed by atoms with Crippen LogP contribution in [0.3, 0.4) is 0 Å². The summed E-state index contributed by atoms with van der Waals surface area (Å²) in [5.41, 5.74) is 1.61. The molecule has 0 unspecified atom stereocenters. The van der Waals surface area contributed by atoms with Crippen LogP contribution in [-0.4, -0.2) is 24.8 Å². The molecule has 0 saturated heterocycles. The third-order valence-corrected chi connectivity index (χ3v) is 2.10. The van der Waals surface area contributed by atoms with Gasteiger partial charge in [0.1, 0.15) is 0 Å². The molecule has 0 amide bonds. The zero-order chi connectivity index (χ0) is 10.1. The van der Waals surface area contributed by atoms with Gasteiger partial charge in [-0.2, -0.15) is 0 Å². The molecule has 0 saturated carbocycles. The van der Waals surface area contributed by atoms with Crippen LogP contribution in [0.15, 0.2) is 42.9 Å². The van der Waals surface area contributed by atoms with Crippen molar-refractivity contribution in [3.8, 4) is 11.5 Å². The van der Waals surface area contributed by atoms with E-state index in [-0.39, 0.29) is 0 Å².